The summed E-state index contributed by atoms with van der Waals surface area (Å²) in [4.78, 5) is 15.8. The Labute approximate surface area is 126 Å². The molecule has 0 aliphatic rings. The molecule has 0 radical (unpaired) electrons. The van der Waals surface area contributed by atoms with Gasteiger partial charge in [0.05, 0.1) is 13.7 Å². The van der Waals surface area contributed by atoms with Gasteiger partial charge in [-0.15, -0.1) is 4.67 Å². The fourth-order valence-corrected chi connectivity index (χ4v) is 2.52. The van der Waals surface area contributed by atoms with Crippen molar-refractivity contribution in [3.63, 3.8) is 0 Å². The maximum Gasteiger partial charge on any atom is 0.355 e. The van der Waals surface area contributed by atoms with Crippen LogP contribution in [0.5, 0.6) is 0 Å². The van der Waals surface area contributed by atoms with Crippen LogP contribution in [-0.2, 0) is 35.2 Å². The topological polar surface area (TPSA) is 66.0 Å². The quantitative estimate of drug-likeness (QED) is 0.257. The van der Waals surface area contributed by atoms with Crippen LogP contribution < -0.4 is 5.32 Å². The maximum atomic E-state index is 11.3. The normalized spacial score (nSPS) is 14.2. The Bertz CT molecular complexity index is 314. The smallest absolute Gasteiger partial charge is 0.355 e. The van der Waals surface area contributed by atoms with Gasteiger partial charge in [0.2, 0.25) is 5.91 Å². The molecular weight excluding hydrogens is 301 g/mol. The molecule has 0 fully saturated rings. The van der Waals surface area contributed by atoms with Crippen molar-refractivity contribution in [2.75, 3.05) is 27.4 Å². The highest BCUT2D eigenvalue weighted by atomic mass is 32.5. The molecule has 120 valence electrons. The number of hydrogen-bond donors (Lipinski definition) is 1. The van der Waals surface area contributed by atoms with Crippen LogP contribution in [0.3, 0.4) is 0 Å². The zero-order chi connectivity index (χ0) is 15.4. The second-order valence-corrected chi connectivity index (χ2v) is 7.57. The highest BCUT2D eigenvalue weighted by Crippen LogP contribution is 2.49. The van der Waals surface area contributed by atoms with Crippen LogP contribution in [-0.4, -0.2) is 33.3 Å². The van der Waals surface area contributed by atoms with Crippen LogP contribution in [0.4, 0.5) is 0 Å². The van der Waals surface area contributed by atoms with Crippen molar-refractivity contribution in [1.82, 2.24) is 5.32 Å². The predicted octanol–water partition coefficient (Wildman–Crippen LogP) is 2.78. The molecule has 1 N–H and O–H groups in total. The van der Waals surface area contributed by atoms with Crippen LogP contribution in [0.2, 0.25) is 0 Å². The third-order valence-electron chi connectivity index (χ3n) is 2.53. The van der Waals surface area contributed by atoms with Crippen molar-refractivity contribution >= 4 is 24.4 Å². The summed E-state index contributed by atoms with van der Waals surface area (Å²) in [6, 6.07) is 0. The average molecular weight is 327 g/mol. The summed E-state index contributed by atoms with van der Waals surface area (Å²) in [7, 11) is 2.81. The Hall–Kier alpha value is -0.0400. The van der Waals surface area contributed by atoms with E-state index in [-0.39, 0.29) is 11.8 Å². The fourth-order valence-electron chi connectivity index (χ4n) is 1.37. The molecule has 0 saturated heterocycles. The third-order valence-corrected chi connectivity index (χ3v) is 4.76. The van der Waals surface area contributed by atoms with E-state index in [1.54, 1.807) is 0 Å². The minimum absolute atomic E-state index is 0.0439. The number of carbonyl (C=O) groups is 1. The first-order valence-corrected chi connectivity index (χ1v) is 9.31. The van der Waals surface area contributed by atoms with E-state index in [1.807, 2.05) is 13.8 Å². The standard InChI is InChI=1S/C12H26NO5PS/c1-11(2)12(14)13-9-7-5-6-8-10-17-19(20,16-4)18-15-3/h11H,5-10H2,1-4H3,(H,13,14). The van der Waals surface area contributed by atoms with Gasteiger partial charge in [-0.25, -0.2) is 4.89 Å². The summed E-state index contributed by atoms with van der Waals surface area (Å²) < 4.78 is 15.2. The van der Waals surface area contributed by atoms with Gasteiger partial charge < -0.3 is 14.4 Å². The Morgan fingerprint density at radius 2 is 1.85 bits per heavy atom. The van der Waals surface area contributed by atoms with Crippen molar-refractivity contribution in [2.24, 2.45) is 5.92 Å². The molecule has 8 heteroatoms. The first-order chi connectivity index (χ1) is 9.45. The van der Waals surface area contributed by atoms with Gasteiger partial charge in [-0.3, -0.25) is 4.79 Å². The summed E-state index contributed by atoms with van der Waals surface area (Å²) in [6.07, 6.45) is 3.87. The van der Waals surface area contributed by atoms with Crippen LogP contribution in [0.1, 0.15) is 39.5 Å². The monoisotopic (exact) mass is 327 g/mol. The van der Waals surface area contributed by atoms with Crippen molar-refractivity contribution in [3.8, 4) is 0 Å². The van der Waals surface area contributed by atoms with Crippen molar-refractivity contribution < 1.29 is 23.4 Å². The molecule has 20 heavy (non-hydrogen) atoms. The molecule has 0 aliphatic carbocycles. The lowest BCUT2D eigenvalue weighted by molar-refractivity contribution is -0.190. The molecule has 0 aromatic rings. The molecule has 1 atom stereocenters. The van der Waals surface area contributed by atoms with Crippen LogP contribution in [0, 0.1) is 5.92 Å². The lowest BCUT2D eigenvalue weighted by atomic mass is 10.2. The largest absolute Gasteiger partial charge is 0.356 e. The number of amides is 1. The number of unbranched alkanes of at least 4 members (excludes halogenated alkanes) is 3. The Morgan fingerprint density at radius 1 is 1.20 bits per heavy atom. The van der Waals surface area contributed by atoms with Gasteiger partial charge >= 0.3 is 6.72 Å². The van der Waals surface area contributed by atoms with Crippen LogP contribution >= 0.6 is 6.72 Å². The van der Waals surface area contributed by atoms with E-state index in [9.17, 15) is 4.79 Å². The summed E-state index contributed by atoms with van der Waals surface area (Å²) in [5.41, 5.74) is 0. The van der Waals surface area contributed by atoms with Crippen molar-refractivity contribution in [3.05, 3.63) is 0 Å². The molecule has 0 rings (SSSR count). The SMILES string of the molecule is COOP(=S)(OC)OCCCCCCNC(=O)C(C)C. The molecule has 0 saturated carbocycles. The highest BCUT2D eigenvalue weighted by Gasteiger charge is 2.19. The molecular formula is C12H26NO5PS. The van der Waals surface area contributed by atoms with Crippen molar-refractivity contribution in [2.45, 2.75) is 39.5 Å². The molecule has 0 aliphatic heterocycles. The zero-order valence-corrected chi connectivity index (χ0v) is 14.4. The van der Waals surface area contributed by atoms with E-state index in [0.29, 0.717) is 6.61 Å². The van der Waals surface area contributed by atoms with E-state index in [0.717, 1.165) is 32.2 Å². The molecule has 1 unspecified atom stereocenters. The zero-order valence-electron chi connectivity index (χ0n) is 12.7. The van der Waals surface area contributed by atoms with E-state index >= 15 is 0 Å². The van der Waals surface area contributed by atoms with E-state index in [4.69, 9.17) is 25.5 Å². The van der Waals surface area contributed by atoms with Gasteiger partial charge in [-0.05, 0) is 24.6 Å². The van der Waals surface area contributed by atoms with Gasteiger partial charge in [0.25, 0.3) is 0 Å². The molecule has 0 spiro atoms. The summed E-state index contributed by atoms with van der Waals surface area (Å²) >= 11 is 5.05. The highest BCUT2D eigenvalue weighted by molar-refractivity contribution is 8.07. The fraction of sp³-hybridized carbons (Fsp3) is 0.917. The minimum atomic E-state index is -2.73. The van der Waals surface area contributed by atoms with Crippen LogP contribution in [0.15, 0.2) is 0 Å². The maximum absolute atomic E-state index is 11.3. The number of rotatable bonds is 12. The van der Waals surface area contributed by atoms with Crippen LogP contribution in [0.25, 0.3) is 0 Å². The van der Waals surface area contributed by atoms with E-state index in [1.165, 1.54) is 14.2 Å². The summed E-state index contributed by atoms with van der Waals surface area (Å²) in [5.74, 6) is 0.146. The Balaban J connectivity index is 3.49. The number of nitrogens with one attached hydrogen (secondary N) is 1. The van der Waals surface area contributed by atoms with Gasteiger partial charge in [0.1, 0.15) is 0 Å². The first kappa shape index (κ1) is 20.0. The predicted molar refractivity (Wildman–Crippen MR) is 81.7 cm³/mol. The van der Waals surface area contributed by atoms with Gasteiger partial charge in [-0.1, -0.05) is 26.7 Å². The summed E-state index contributed by atoms with van der Waals surface area (Å²) in [5, 5.41) is 2.89. The van der Waals surface area contributed by atoms with E-state index < -0.39 is 6.72 Å². The number of carbonyl (C=O) groups excluding carboxylic acids is 1. The molecule has 0 bridgehead atoms. The first-order valence-electron chi connectivity index (χ1n) is 6.75. The second kappa shape index (κ2) is 11.6. The lowest BCUT2D eigenvalue weighted by Crippen LogP contribution is -2.28. The van der Waals surface area contributed by atoms with Gasteiger partial charge in [-0.2, -0.15) is 0 Å². The Kier molecular flexibility index (Phi) is 11.6. The Morgan fingerprint density at radius 3 is 2.40 bits per heavy atom. The molecule has 0 aromatic heterocycles. The third kappa shape index (κ3) is 9.80. The second-order valence-electron chi connectivity index (χ2n) is 4.56. The lowest BCUT2D eigenvalue weighted by Gasteiger charge is -2.17. The van der Waals surface area contributed by atoms with Crippen molar-refractivity contribution in [1.29, 1.82) is 0 Å². The summed E-state index contributed by atoms with van der Waals surface area (Å²) in [6.45, 7) is 2.24. The molecule has 0 aromatic carbocycles. The minimum Gasteiger partial charge on any atom is -0.356 e. The number of hydrogen-bond acceptors (Lipinski definition) is 6. The van der Waals surface area contributed by atoms with Gasteiger partial charge in [0.15, 0.2) is 0 Å². The molecule has 0 heterocycles. The van der Waals surface area contributed by atoms with Gasteiger partial charge in [0, 0.05) is 19.6 Å². The molecule has 6 nitrogen and oxygen atoms in total. The molecule has 1 amide bonds. The average Bonchev–Trinajstić information content (AvgIpc) is 2.41. The van der Waals surface area contributed by atoms with E-state index in [2.05, 4.69) is 10.2 Å².